The highest BCUT2D eigenvalue weighted by Gasteiger charge is 2.44. The Kier molecular flexibility index (Phi) is 5.40. The molecule has 1 atom stereocenters. The van der Waals surface area contributed by atoms with E-state index in [1.807, 2.05) is 0 Å². The third-order valence-electron chi connectivity index (χ3n) is 4.46. The first kappa shape index (κ1) is 19.9. The summed E-state index contributed by atoms with van der Waals surface area (Å²) in [5, 5.41) is 6.11. The van der Waals surface area contributed by atoms with Gasteiger partial charge in [0.05, 0.1) is 10.6 Å². The lowest BCUT2D eigenvalue weighted by molar-refractivity contribution is -0.115. The predicted octanol–water partition coefficient (Wildman–Crippen LogP) is 2.81. The van der Waals surface area contributed by atoms with Crippen molar-refractivity contribution in [2.45, 2.75) is 19.5 Å². The molecule has 8 heteroatoms. The van der Waals surface area contributed by atoms with Crippen LogP contribution in [-0.2, 0) is 9.59 Å². The molecule has 0 saturated carbocycles. The van der Waals surface area contributed by atoms with Crippen LogP contribution in [0.15, 0.2) is 53.4 Å². The smallest absolute Gasteiger partial charge is 0.188 e. The summed E-state index contributed by atoms with van der Waals surface area (Å²) < 4.78 is 13.8. The van der Waals surface area contributed by atoms with E-state index in [2.05, 4.69) is 10.1 Å². The molecule has 6 nitrogen and oxygen atoms in total. The molecule has 2 heterocycles. The third kappa shape index (κ3) is 3.34. The summed E-state index contributed by atoms with van der Waals surface area (Å²) in [6.07, 6.45) is 3.43. The van der Waals surface area contributed by atoms with Gasteiger partial charge in [-0.05, 0) is 32.0 Å². The quantitative estimate of drug-likeness (QED) is 0.779. The zero-order chi connectivity index (χ0) is 20.5. The van der Waals surface area contributed by atoms with Gasteiger partial charge in [0.2, 0.25) is 0 Å². The highest BCUT2D eigenvalue weighted by atomic mass is 35.5. The first-order valence-corrected chi connectivity index (χ1v) is 8.94. The minimum absolute atomic E-state index is 0.119. The van der Waals surface area contributed by atoms with Crippen molar-refractivity contribution in [1.82, 2.24) is 9.99 Å². The monoisotopic (exact) mass is 400 g/mol. The Balaban J connectivity index is 2.40. The lowest BCUT2D eigenvalue weighted by atomic mass is 9.83. The number of hydrazone groups is 1. The molecule has 28 heavy (non-hydrogen) atoms. The number of benzene rings is 1. The SMILES string of the molecule is CCN1N=C(c2cccc(F)c2)C(C(C)=O)=C(c2cncc(Cl)c2)C1(N)C=O. The van der Waals surface area contributed by atoms with E-state index >= 15 is 0 Å². The van der Waals surface area contributed by atoms with Crippen LogP contribution in [0.4, 0.5) is 4.39 Å². The van der Waals surface area contributed by atoms with Crippen LogP contribution >= 0.6 is 11.6 Å². The molecule has 144 valence electrons. The van der Waals surface area contributed by atoms with Crippen LogP contribution in [0.25, 0.3) is 5.57 Å². The predicted molar refractivity (Wildman–Crippen MR) is 105 cm³/mol. The fourth-order valence-electron chi connectivity index (χ4n) is 3.26. The van der Waals surface area contributed by atoms with Crippen molar-refractivity contribution in [3.8, 4) is 0 Å². The Labute approximate surface area is 166 Å². The van der Waals surface area contributed by atoms with Gasteiger partial charge >= 0.3 is 0 Å². The third-order valence-corrected chi connectivity index (χ3v) is 4.66. The molecule has 0 fully saturated rings. The number of hydrogen-bond acceptors (Lipinski definition) is 6. The standard InChI is InChI=1S/C20H18ClFN4O2/c1-3-26-20(23,11-27)18(14-7-15(21)10-24-9-14)17(12(2)28)19(25-26)13-5-4-6-16(22)8-13/h4-11H,3,23H2,1-2H3. The molecule has 0 bridgehead atoms. The summed E-state index contributed by atoms with van der Waals surface area (Å²) in [5.74, 6) is -0.845. The fourth-order valence-corrected chi connectivity index (χ4v) is 3.43. The van der Waals surface area contributed by atoms with E-state index in [9.17, 15) is 14.0 Å². The minimum atomic E-state index is -1.71. The van der Waals surface area contributed by atoms with Crippen molar-refractivity contribution in [3.05, 3.63) is 70.3 Å². The van der Waals surface area contributed by atoms with Crippen molar-refractivity contribution in [1.29, 1.82) is 0 Å². The van der Waals surface area contributed by atoms with Crippen molar-refractivity contribution in [2.75, 3.05) is 6.54 Å². The van der Waals surface area contributed by atoms with Gasteiger partial charge in [0.1, 0.15) is 11.5 Å². The molecule has 3 rings (SSSR count). The molecule has 0 radical (unpaired) electrons. The number of nitrogens with zero attached hydrogens (tertiary/aromatic N) is 3. The summed E-state index contributed by atoms with van der Waals surface area (Å²) in [7, 11) is 0. The Morgan fingerprint density at radius 2 is 2.07 bits per heavy atom. The Morgan fingerprint density at radius 3 is 2.64 bits per heavy atom. The summed E-state index contributed by atoms with van der Waals surface area (Å²) in [4.78, 5) is 28.8. The molecule has 0 spiro atoms. The highest BCUT2D eigenvalue weighted by molar-refractivity contribution is 6.34. The van der Waals surface area contributed by atoms with Crippen LogP contribution in [-0.4, -0.2) is 40.0 Å². The maximum atomic E-state index is 13.8. The maximum absolute atomic E-state index is 13.8. The number of Topliss-reactive ketones (excluding diaryl/α,β-unsaturated/α-hetero) is 1. The number of allylic oxidation sites excluding steroid dienone is 1. The lowest BCUT2D eigenvalue weighted by Crippen LogP contribution is -2.59. The number of pyridine rings is 1. The molecule has 0 aliphatic carbocycles. The minimum Gasteiger partial charge on any atom is -0.299 e. The number of carbonyl (C=O) groups is 2. The normalized spacial score (nSPS) is 19.5. The topological polar surface area (TPSA) is 88.7 Å². The van der Waals surface area contributed by atoms with Gasteiger partial charge in [-0.1, -0.05) is 23.7 Å². The van der Waals surface area contributed by atoms with Gasteiger partial charge in [0, 0.05) is 35.6 Å². The van der Waals surface area contributed by atoms with E-state index in [0.717, 1.165) is 0 Å². The van der Waals surface area contributed by atoms with Gasteiger partial charge in [-0.15, -0.1) is 0 Å². The van der Waals surface area contributed by atoms with Gasteiger partial charge in [-0.25, -0.2) is 4.39 Å². The molecular formula is C20H18ClFN4O2. The van der Waals surface area contributed by atoms with E-state index < -0.39 is 11.5 Å². The number of nitrogens with two attached hydrogens (primary N) is 1. The van der Waals surface area contributed by atoms with Gasteiger partial charge < -0.3 is 0 Å². The summed E-state index contributed by atoms with van der Waals surface area (Å²) >= 11 is 6.08. The van der Waals surface area contributed by atoms with Crippen molar-refractivity contribution in [2.24, 2.45) is 10.8 Å². The lowest BCUT2D eigenvalue weighted by Gasteiger charge is -2.41. The van der Waals surface area contributed by atoms with E-state index in [0.29, 0.717) is 22.4 Å². The van der Waals surface area contributed by atoms with E-state index in [1.54, 1.807) is 19.1 Å². The maximum Gasteiger partial charge on any atom is 0.188 e. The van der Waals surface area contributed by atoms with Crippen molar-refractivity contribution < 1.29 is 14.0 Å². The number of halogens is 2. The second-order valence-corrected chi connectivity index (χ2v) is 6.75. The Bertz CT molecular complexity index is 1020. The Hall–Kier alpha value is -2.90. The second kappa shape index (κ2) is 7.61. The van der Waals surface area contributed by atoms with Crippen LogP contribution in [0.1, 0.15) is 25.0 Å². The molecule has 1 aromatic heterocycles. The number of rotatable bonds is 5. The Morgan fingerprint density at radius 1 is 1.32 bits per heavy atom. The first-order valence-electron chi connectivity index (χ1n) is 8.56. The van der Waals surface area contributed by atoms with Gasteiger partial charge in [0.25, 0.3) is 0 Å². The number of aromatic nitrogens is 1. The molecule has 2 aromatic rings. The number of carbonyl (C=O) groups excluding carboxylic acids is 2. The van der Waals surface area contributed by atoms with Crippen LogP contribution < -0.4 is 5.73 Å². The van der Waals surface area contributed by atoms with E-state index in [1.165, 1.54) is 42.5 Å². The number of ketones is 1. The second-order valence-electron chi connectivity index (χ2n) is 6.32. The molecule has 1 aliphatic rings. The fraction of sp³-hybridized carbons (Fsp3) is 0.200. The highest BCUT2D eigenvalue weighted by Crippen LogP contribution is 2.37. The van der Waals surface area contributed by atoms with Gasteiger partial charge in [-0.3, -0.25) is 25.3 Å². The molecule has 0 amide bonds. The van der Waals surface area contributed by atoms with Crippen LogP contribution in [0.5, 0.6) is 0 Å². The average Bonchev–Trinajstić information content (AvgIpc) is 2.67. The van der Waals surface area contributed by atoms with E-state index in [4.69, 9.17) is 17.3 Å². The summed E-state index contributed by atoms with van der Waals surface area (Å²) in [6, 6.07) is 7.29. The molecule has 1 unspecified atom stereocenters. The van der Waals surface area contributed by atoms with Gasteiger partial charge in [-0.2, -0.15) is 5.10 Å². The molecular weight excluding hydrogens is 383 g/mol. The van der Waals surface area contributed by atoms with Crippen molar-refractivity contribution in [3.63, 3.8) is 0 Å². The first-order chi connectivity index (χ1) is 13.3. The van der Waals surface area contributed by atoms with Crippen LogP contribution in [0, 0.1) is 5.82 Å². The largest absolute Gasteiger partial charge is 0.299 e. The van der Waals surface area contributed by atoms with Crippen molar-refractivity contribution >= 4 is 35.0 Å². The van der Waals surface area contributed by atoms with Gasteiger partial charge in [0.15, 0.2) is 17.7 Å². The number of aldehydes is 1. The van der Waals surface area contributed by atoms with Crippen LogP contribution in [0.2, 0.25) is 5.02 Å². The number of hydrogen-bond donors (Lipinski definition) is 1. The zero-order valence-corrected chi connectivity index (χ0v) is 16.1. The summed E-state index contributed by atoms with van der Waals surface area (Å²) in [6.45, 7) is 3.39. The average molecular weight is 401 g/mol. The number of likely N-dealkylation sites (N-methyl/N-ethyl adjacent to an activating group) is 1. The molecule has 1 aromatic carbocycles. The molecule has 0 saturated heterocycles. The molecule has 1 aliphatic heterocycles. The molecule has 2 N–H and O–H groups in total. The summed E-state index contributed by atoms with van der Waals surface area (Å²) in [5.41, 5.74) is 6.10. The zero-order valence-electron chi connectivity index (χ0n) is 15.3. The van der Waals surface area contributed by atoms with E-state index in [-0.39, 0.29) is 29.2 Å². The van der Waals surface area contributed by atoms with Crippen LogP contribution in [0.3, 0.4) is 0 Å².